The first-order chi connectivity index (χ1) is 12.4. The van der Waals surface area contributed by atoms with Gasteiger partial charge in [-0.1, -0.05) is 11.8 Å². The number of aryl methyl sites for hydroxylation is 3. The molecule has 0 aliphatic rings. The number of thiophene rings is 1. The van der Waals surface area contributed by atoms with Gasteiger partial charge >= 0.3 is 0 Å². The maximum absolute atomic E-state index is 12.7. The van der Waals surface area contributed by atoms with Crippen molar-refractivity contribution < 1.29 is 0 Å². The van der Waals surface area contributed by atoms with Gasteiger partial charge in [-0.25, -0.2) is 9.97 Å². The minimum absolute atomic E-state index is 0.0308. The molecular weight excluding hydrogens is 388 g/mol. The maximum atomic E-state index is 12.7. The minimum Gasteiger partial charge on any atom is -0.290 e. The summed E-state index contributed by atoms with van der Waals surface area (Å²) < 4.78 is 3.18. The summed E-state index contributed by atoms with van der Waals surface area (Å²) in [5.41, 5.74) is 2.47. The number of rotatable bonds is 3. The average molecular weight is 405 g/mol. The van der Waals surface area contributed by atoms with Crippen molar-refractivity contribution in [3.8, 4) is 0 Å². The van der Waals surface area contributed by atoms with Crippen LogP contribution in [0.3, 0.4) is 0 Å². The second-order valence-electron chi connectivity index (χ2n) is 6.09. The molecule has 0 saturated heterocycles. The summed E-state index contributed by atoms with van der Waals surface area (Å²) in [4.78, 5) is 36.7. The lowest BCUT2D eigenvalue weighted by molar-refractivity contribution is 0.727. The van der Waals surface area contributed by atoms with Gasteiger partial charge < -0.3 is 0 Å². The lowest BCUT2D eigenvalue weighted by Crippen LogP contribution is -2.20. The fraction of sp³-hybridized carbons (Fsp3) is 0.294. The zero-order valence-electron chi connectivity index (χ0n) is 14.7. The summed E-state index contributed by atoms with van der Waals surface area (Å²) in [6.07, 6.45) is 0. The van der Waals surface area contributed by atoms with Gasteiger partial charge in [0.05, 0.1) is 11.1 Å². The molecule has 0 saturated carbocycles. The SMILES string of the molecule is Cc1sc2nc(SCc3cc(=O)n4c(C)csc4n3)n(C)c(=O)c2c1C. The Morgan fingerprint density at radius 2 is 1.96 bits per heavy atom. The normalized spacial score (nSPS) is 11.7. The topological polar surface area (TPSA) is 69.3 Å². The predicted molar refractivity (Wildman–Crippen MR) is 108 cm³/mol. The average Bonchev–Trinajstić information content (AvgIpc) is 3.10. The second-order valence-corrected chi connectivity index (χ2v) is 9.07. The van der Waals surface area contributed by atoms with Crippen LogP contribution in [-0.2, 0) is 12.8 Å². The molecule has 9 heteroatoms. The molecule has 0 bridgehead atoms. The van der Waals surface area contributed by atoms with Crippen molar-refractivity contribution >= 4 is 49.6 Å². The first-order valence-corrected chi connectivity index (χ1v) is 10.6. The van der Waals surface area contributed by atoms with E-state index in [1.807, 2.05) is 26.2 Å². The number of fused-ring (bicyclic) bond motifs is 2. The van der Waals surface area contributed by atoms with E-state index in [4.69, 9.17) is 0 Å². The molecular formula is C17H16N4O2S3. The lowest BCUT2D eigenvalue weighted by atomic mass is 10.2. The van der Waals surface area contributed by atoms with Crippen molar-refractivity contribution in [2.75, 3.05) is 0 Å². The van der Waals surface area contributed by atoms with Gasteiger partial charge in [0, 0.05) is 34.8 Å². The summed E-state index contributed by atoms with van der Waals surface area (Å²) >= 11 is 4.41. The fourth-order valence-electron chi connectivity index (χ4n) is 2.80. The van der Waals surface area contributed by atoms with E-state index in [1.54, 1.807) is 22.1 Å². The third kappa shape index (κ3) is 2.70. The van der Waals surface area contributed by atoms with Crippen LogP contribution in [0.25, 0.3) is 15.2 Å². The van der Waals surface area contributed by atoms with E-state index in [1.165, 1.54) is 34.4 Å². The maximum Gasteiger partial charge on any atom is 0.262 e. The largest absolute Gasteiger partial charge is 0.290 e. The van der Waals surface area contributed by atoms with Gasteiger partial charge in [0.15, 0.2) is 10.1 Å². The Labute approximate surface area is 161 Å². The van der Waals surface area contributed by atoms with Crippen molar-refractivity contribution in [2.24, 2.45) is 7.05 Å². The van der Waals surface area contributed by atoms with Gasteiger partial charge in [0.1, 0.15) is 4.83 Å². The lowest BCUT2D eigenvalue weighted by Gasteiger charge is -2.07. The number of hydrogen-bond donors (Lipinski definition) is 0. The van der Waals surface area contributed by atoms with E-state index in [2.05, 4.69) is 9.97 Å². The summed E-state index contributed by atoms with van der Waals surface area (Å²) in [6, 6.07) is 1.55. The van der Waals surface area contributed by atoms with Crippen LogP contribution in [0, 0.1) is 20.8 Å². The predicted octanol–water partition coefficient (Wildman–Crippen LogP) is 3.28. The first kappa shape index (κ1) is 17.4. The summed E-state index contributed by atoms with van der Waals surface area (Å²) in [5, 5.41) is 3.25. The highest BCUT2D eigenvalue weighted by Gasteiger charge is 2.15. The smallest absolute Gasteiger partial charge is 0.262 e. The van der Waals surface area contributed by atoms with Crippen LogP contribution in [0.4, 0.5) is 0 Å². The number of hydrogen-bond acceptors (Lipinski definition) is 7. The molecule has 0 N–H and O–H groups in total. The molecule has 0 atom stereocenters. The van der Waals surface area contributed by atoms with Crippen molar-refractivity contribution in [1.29, 1.82) is 0 Å². The molecule has 26 heavy (non-hydrogen) atoms. The summed E-state index contributed by atoms with van der Waals surface area (Å²) in [7, 11) is 1.73. The van der Waals surface area contributed by atoms with Crippen LogP contribution in [0.1, 0.15) is 21.8 Å². The van der Waals surface area contributed by atoms with Crippen molar-refractivity contribution in [3.63, 3.8) is 0 Å². The van der Waals surface area contributed by atoms with Gasteiger partial charge in [-0.15, -0.1) is 22.7 Å². The van der Waals surface area contributed by atoms with Crippen molar-refractivity contribution in [3.05, 3.63) is 54.0 Å². The fourth-order valence-corrected chi connectivity index (χ4v) is 5.62. The monoisotopic (exact) mass is 404 g/mol. The zero-order chi connectivity index (χ0) is 18.6. The Kier molecular flexibility index (Phi) is 4.25. The van der Waals surface area contributed by atoms with Crippen LogP contribution in [0.5, 0.6) is 0 Å². The van der Waals surface area contributed by atoms with Crippen LogP contribution in [0.2, 0.25) is 0 Å². The standard InChI is InChI=1S/C17H16N4O2S3/c1-8-6-24-17-18-11(5-12(22)21(8)17)7-25-16-19-14-13(15(23)20(16)4)9(2)10(3)26-14/h5-6H,7H2,1-4H3. The van der Waals surface area contributed by atoms with Crippen LogP contribution < -0.4 is 11.1 Å². The van der Waals surface area contributed by atoms with Crippen molar-refractivity contribution in [2.45, 2.75) is 31.7 Å². The van der Waals surface area contributed by atoms with E-state index in [0.717, 1.165) is 21.0 Å². The molecule has 0 fully saturated rings. The highest BCUT2D eigenvalue weighted by atomic mass is 32.2. The van der Waals surface area contributed by atoms with Gasteiger partial charge in [-0.05, 0) is 26.3 Å². The molecule has 0 aliphatic carbocycles. The molecule has 0 aliphatic heterocycles. The molecule has 4 heterocycles. The molecule has 0 spiro atoms. The molecule has 4 rings (SSSR count). The Balaban J connectivity index is 1.71. The van der Waals surface area contributed by atoms with E-state index in [-0.39, 0.29) is 11.1 Å². The summed E-state index contributed by atoms with van der Waals surface area (Å²) in [5.74, 6) is 0.484. The van der Waals surface area contributed by atoms with Crippen molar-refractivity contribution in [1.82, 2.24) is 18.9 Å². The number of aromatic nitrogens is 4. The molecule has 134 valence electrons. The van der Waals surface area contributed by atoms with E-state index >= 15 is 0 Å². The van der Waals surface area contributed by atoms with Gasteiger partial charge in [-0.2, -0.15) is 0 Å². The molecule has 0 radical (unpaired) electrons. The van der Waals surface area contributed by atoms with E-state index in [0.29, 0.717) is 27.0 Å². The van der Waals surface area contributed by atoms with E-state index < -0.39 is 0 Å². The number of nitrogens with zero attached hydrogens (tertiary/aromatic N) is 4. The molecule has 4 aromatic heterocycles. The van der Waals surface area contributed by atoms with Crippen LogP contribution in [0.15, 0.2) is 26.2 Å². The second kappa shape index (κ2) is 6.33. The Hall–Kier alpha value is -1.97. The molecule has 4 aromatic rings. The molecule has 0 amide bonds. The highest BCUT2D eigenvalue weighted by molar-refractivity contribution is 7.98. The zero-order valence-corrected chi connectivity index (χ0v) is 17.1. The Morgan fingerprint density at radius 1 is 1.19 bits per heavy atom. The number of thiazole rings is 1. The quantitative estimate of drug-likeness (QED) is 0.387. The van der Waals surface area contributed by atoms with Gasteiger partial charge in [-0.3, -0.25) is 18.6 Å². The Morgan fingerprint density at radius 3 is 2.73 bits per heavy atom. The van der Waals surface area contributed by atoms with E-state index in [9.17, 15) is 9.59 Å². The Bertz CT molecular complexity index is 1280. The third-order valence-electron chi connectivity index (χ3n) is 4.35. The van der Waals surface area contributed by atoms with Crippen LogP contribution >= 0.6 is 34.4 Å². The molecule has 0 aromatic carbocycles. The summed E-state index contributed by atoms with van der Waals surface area (Å²) in [6.45, 7) is 5.85. The molecule has 0 unspecified atom stereocenters. The number of thioether (sulfide) groups is 1. The van der Waals surface area contributed by atoms with Gasteiger partial charge in [0.25, 0.3) is 11.1 Å². The highest BCUT2D eigenvalue weighted by Crippen LogP contribution is 2.28. The molecule has 6 nitrogen and oxygen atoms in total. The third-order valence-corrected chi connectivity index (χ3v) is 7.46. The van der Waals surface area contributed by atoms with Crippen LogP contribution in [-0.4, -0.2) is 18.9 Å². The first-order valence-electron chi connectivity index (χ1n) is 7.93. The minimum atomic E-state index is -0.0776. The van der Waals surface area contributed by atoms with Gasteiger partial charge in [0.2, 0.25) is 0 Å².